The maximum absolute atomic E-state index is 13.7. The molecule has 4 rings (SSSR count). The number of hydrogen-bond acceptors (Lipinski definition) is 2. The Labute approximate surface area is 194 Å². The molecule has 0 bridgehead atoms. The Morgan fingerprint density at radius 1 is 1.06 bits per heavy atom. The van der Waals surface area contributed by atoms with Crippen LogP contribution in [0.2, 0.25) is 5.02 Å². The number of halogens is 1. The second-order valence-corrected chi connectivity index (χ2v) is 9.31. The molecule has 0 spiro atoms. The molecule has 0 radical (unpaired) electrons. The lowest BCUT2D eigenvalue weighted by Crippen LogP contribution is -2.49. The minimum absolute atomic E-state index is 0.0470. The minimum atomic E-state index is -0.596. The Bertz CT molecular complexity index is 1050. The van der Waals surface area contributed by atoms with Crippen molar-refractivity contribution in [3.05, 3.63) is 101 Å². The van der Waals surface area contributed by atoms with Gasteiger partial charge in [-0.2, -0.15) is 0 Å². The Balaban J connectivity index is 1.59. The number of amides is 1. The largest absolute Gasteiger partial charge is 0.352 e. The Kier molecular flexibility index (Phi) is 6.80. The molecule has 2 aromatic carbocycles. The van der Waals surface area contributed by atoms with Crippen LogP contribution >= 0.6 is 11.6 Å². The van der Waals surface area contributed by atoms with Crippen LogP contribution in [-0.2, 0) is 16.6 Å². The molecule has 2 N–H and O–H groups in total. The predicted octanol–water partition coefficient (Wildman–Crippen LogP) is 5.21. The molecule has 0 saturated heterocycles. The zero-order chi connectivity index (χ0) is 22.6. The lowest BCUT2D eigenvalue weighted by molar-refractivity contribution is -0.905. The number of pyridine rings is 1. The maximum Gasteiger partial charge on any atom is 0.231 e. The molecule has 1 amide bonds. The van der Waals surface area contributed by atoms with E-state index in [1.807, 2.05) is 36.4 Å². The molecule has 1 heterocycles. The molecule has 1 aromatic heterocycles. The standard InChI is InChI=1S/C27H29ClN2O2/c1-20(25(22-8-3-2-4-9-22)18-21-11-13-24(28)14-12-21)29-26(31)27(15-5-6-16-27)23-10-7-17-30(32)19-23/h2-4,7-14,17,19-20,25H,5-6,15-16,18H2,1H3,(H-,29,31,32)/p+1. The quantitative estimate of drug-likeness (QED) is 0.384. The number of nitrogens with one attached hydrogen (secondary N) is 1. The van der Waals surface area contributed by atoms with Crippen LogP contribution in [0.3, 0.4) is 0 Å². The molecular weight excluding hydrogens is 420 g/mol. The van der Waals surface area contributed by atoms with Crippen molar-refractivity contribution < 1.29 is 14.7 Å². The smallest absolute Gasteiger partial charge is 0.231 e. The van der Waals surface area contributed by atoms with E-state index in [2.05, 4.69) is 36.5 Å². The van der Waals surface area contributed by atoms with E-state index in [0.29, 0.717) is 0 Å². The highest BCUT2D eigenvalue weighted by molar-refractivity contribution is 6.30. The van der Waals surface area contributed by atoms with Gasteiger partial charge in [-0.25, -0.2) is 0 Å². The SMILES string of the molecule is CC(NC(=O)C1(c2ccc[n+](O)c2)CCCC1)C(Cc1ccc(Cl)cc1)c1ccccc1. The average Bonchev–Trinajstić information content (AvgIpc) is 3.31. The summed E-state index contributed by atoms with van der Waals surface area (Å²) >= 11 is 6.08. The van der Waals surface area contributed by atoms with Gasteiger partial charge in [-0.1, -0.05) is 66.9 Å². The van der Waals surface area contributed by atoms with E-state index in [-0.39, 0.29) is 17.9 Å². The van der Waals surface area contributed by atoms with Crippen LogP contribution in [0.5, 0.6) is 0 Å². The van der Waals surface area contributed by atoms with E-state index in [1.165, 1.54) is 11.1 Å². The first kappa shape index (κ1) is 22.3. The Morgan fingerprint density at radius 2 is 1.75 bits per heavy atom. The number of benzene rings is 2. The molecule has 166 valence electrons. The van der Waals surface area contributed by atoms with E-state index in [0.717, 1.165) is 47.4 Å². The predicted molar refractivity (Wildman–Crippen MR) is 126 cm³/mol. The molecule has 2 unspecified atom stereocenters. The van der Waals surface area contributed by atoms with Gasteiger partial charge in [0.1, 0.15) is 0 Å². The summed E-state index contributed by atoms with van der Waals surface area (Å²) in [6.07, 6.45) is 7.65. The molecule has 2 atom stereocenters. The van der Waals surface area contributed by atoms with Crippen molar-refractivity contribution in [1.82, 2.24) is 5.32 Å². The van der Waals surface area contributed by atoms with E-state index in [1.54, 1.807) is 18.5 Å². The van der Waals surface area contributed by atoms with Gasteiger partial charge < -0.3 is 5.32 Å². The third-order valence-electron chi connectivity index (χ3n) is 6.79. The fraction of sp³-hybridized carbons (Fsp3) is 0.333. The molecule has 1 aliphatic rings. The van der Waals surface area contributed by atoms with E-state index < -0.39 is 5.41 Å². The molecule has 1 saturated carbocycles. The van der Waals surface area contributed by atoms with Gasteiger partial charge >= 0.3 is 0 Å². The lowest BCUT2D eigenvalue weighted by atomic mass is 9.78. The second kappa shape index (κ2) is 9.74. The highest BCUT2D eigenvalue weighted by Gasteiger charge is 2.45. The maximum atomic E-state index is 13.7. The van der Waals surface area contributed by atoms with Crippen LogP contribution < -0.4 is 10.0 Å². The topological polar surface area (TPSA) is 53.2 Å². The van der Waals surface area contributed by atoms with E-state index >= 15 is 0 Å². The van der Waals surface area contributed by atoms with Crippen molar-refractivity contribution >= 4 is 17.5 Å². The van der Waals surface area contributed by atoms with Crippen LogP contribution in [-0.4, -0.2) is 17.2 Å². The van der Waals surface area contributed by atoms with Gasteiger partial charge in [0, 0.05) is 33.3 Å². The Morgan fingerprint density at radius 3 is 2.41 bits per heavy atom. The third-order valence-corrected chi connectivity index (χ3v) is 7.04. The zero-order valence-corrected chi connectivity index (χ0v) is 19.1. The molecule has 3 aromatic rings. The summed E-state index contributed by atoms with van der Waals surface area (Å²) in [7, 11) is 0. The molecule has 4 nitrogen and oxygen atoms in total. The highest BCUT2D eigenvalue weighted by Crippen LogP contribution is 2.41. The monoisotopic (exact) mass is 449 g/mol. The van der Waals surface area contributed by atoms with Crippen LogP contribution in [0.25, 0.3) is 0 Å². The molecule has 0 aliphatic heterocycles. The van der Waals surface area contributed by atoms with Crippen LogP contribution in [0.15, 0.2) is 79.1 Å². The minimum Gasteiger partial charge on any atom is -0.352 e. The molecule has 1 aliphatic carbocycles. The van der Waals surface area contributed by atoms with Gasteiger partial charge in [0.25, 0.3) is 0 Å². The van der Waals surface area contributed by atoms with Gasteiger partial charge in [0.2, 0.25) is 18.3 Å². The van der Waals surface area contributed by atoms with Crippen molar-refractivity contribution in [2.75, 3.05) is 0 Å². The van der Waals surface area contributed by atoms with Gasteiger partial charge in [-0.3, -0.25) is 10.0 Å². The second-order valence-electron chi connectivity index (χ2n) is 8.87. The number of aromatic nitrogens is 1. The molecule has 5 heteroatoms. The molecule has 1 fully saturated rings. The molecule has 32 heavy (non-hydrogen) atoms. The number of carbonyl (C=O) groups is 1. The van der Waals surface area contributed by atoms with Crippen LogP contribution in [0, 0.1) is 0 Å². The van der Waals surface area contributed by atoms with Crippen molar-refractivity contribution in [3.63, 3.8) is 0 Å². The zero-order valence-electron chi connectivity index (χ0n) is 18.4. The average molecular weight is 450 g/mol. The van der Waals surface area contributed by atoms with Gasteiger partial charge in [-0.15, -0.1) is 0 Å². The van der Waals surface area contributed by atoms with Crippen LogP contribution in [0.4, 0.5) is 0 Å². The summed E-state index contributed by atoms with van der Waals surface area (Å²) < 4.78 is 1.04. The summed E-state index contributed by atoms with van der Waals surface area (Å²) in [5.41, 5.74) is 2.66. The fourth-order valence-electron chi connectivity index (χ4n) is 4.98. The number of rotatable bonds is 7. The summed E-state index contributed by atoms with van der Waals surface area (Å²) in [6, 6.07) is 21.9. The first-order valence-electron chi connectivity index (χ1n) is 11.3. The first-order valence-corrected chi connectivity index (χ1v) is 11.7. The first-order chi connectivity index (χ1) is 15.5. The number of carbonyl (C=O) groups excluding carboxylic acids is 1. The van der Waals surface area contributed by atoms with Gasteiger partial charge in [0.15, 0.2) is 0 Å². The van der Waals surface area contributed by atoms with Crippen LogP contribution in [0.1, 0.15) is 55.2 Å². The fourth-order valence-corrected chi connectivity index (χ4v) is 5.10. The summed E-state index contributed by atoms with van der Waals surface area (Å²) in [4.78, 5) is 13.7. The number of hydrogen-bond donors (Lipinski definition) is 2. The summed E-state index contributed by atoms with van der Waals surface area (Å²) in [5, 5.41) is 14.0. The van der Waals surface area contributed by atoms with Crippen molar-refractivity contribution in [1.29, 1.82) is 0 Å². The van der Waals surface area contributed by atoms with Gasteiger partial charge in [0.05, 0.1) is 5.41 Å². The molecular formula is C27H30ClN2O2+. The van der Waals surface area contributed by atoms with Crippen molar-refractivity contribution in [2.24, 2.45) is 0 Å². The van der Waals surface area contributed by atoms with Gasteiger partial charge in [-0.05, 0) is 55.5 Å². The third kappa shape index (κ3) is 4.81. The Hall–Kier alpha value is -2.85. The summed E-state index contributed by atoms with van der Waals surface area (Å²) in [5.74, 6) is 0.170. The highest BCUT2D eigenvalue weighted by atomic mass is 35.5. The lowest BCUT2D eigenvalue weighted by Gasteiger charge is -2.32. The van der Waals surface area contributed by atoms with Crippen molar-refractivity contribution in [2.45, 2.75) is 56.4 Å². The van der Waals surface area contributed by atoms with E-state index in [9.17, 15) is 10.0 Å². The normalized spacial score (nSPS) is 16.9. The summed E-state index contributed by atoms with van der Waals surface area (Å²) in [6.45, 7) is 2.09. The van der Waals surface area contributed by atoms with E-state index in [4.69, 9.17) is 11.6 Å². The number of nitrogens with zero attached hydrogens (tertiary/aromatic N) is 1. The van der Waals surface area contributed by atoms with Crippen molar-refractivity contribution in [3.8, 4) is 0 Å².